The molecule has 1 aromatic rings. The van der Waals surface area contributed by atoms with Crippen molar-refractivity contribution in [3.05, 3.63) is 47.5 Å². The van der Waals surface area contributed by atoms with Gasteiger partial charge in [-0.25, -0.2) is 4.79 Å². The third-order valence-corrected chi connectivity index (χ3v) is 14.4. The maximum absolute atomic E-state index is 13.2. The topological polar surface area (TPSA) is 121 Å². The molecule has 3 aliphatic heterocycles. The summed E-state index contributed by atoms with van der Waals surface area (Å²) in [5.74, 6) is -1.11. The van der Waals surface area contributed by atoms with E-state index in [0.29, 0.717) is 58.0 Å². The summed E-state index contributed by atoms with van der Waals surface area (Å²) in [6.07, 6.45) is 8.87. The summed E-state index contributed by atoms with van der Waals surface area (Å²) in [7, 11) is 0. The minimum Gasteiger partial charge on any atom is -0.458 e. The van der Waals surface area contributed by atoms with Crippen molar-refractivity contribution in [3.63, 3.8) is 0 Å². The van der Waals surface area contributed by atoms with E-state index in [9.17, 15) is 19.8 Å². The average Bonchev–Trinajstić information content (AvgIpc) is 3.74. The fourth-order valence-corrected chi connectivity index (χ4v) is 11.9. The van der Waals surface area contributed by atoms with E-state index in [2.05, 4.69) is 26.0 Å². The molecule has 0 radical (unpaired) electrons. The molecule has 2 N–H and O–H groups in total. The van der Waals surface area contributed by atoms with Crippen LogP contribution in [0, 0.1) is 28.6 Å². The lowest BCUT2D eigenvalue weighted by atomic mass is 9.41. The van der Waals surface area contributed by atoms with Crippen molar-refractivity contribution in [2.24, 2.45) is 28.6 Å². The summed E-state index contributed by atoms with van der Waals surface area (Å²) in [6.45, 7) is 6.59. The van der Waals surface area contributed by atoms with Crippen LogP contribution in [0.3, 0.4) is 0 Å². The van der Waals surface area contributed by atoms with E-state index >= 15 is 0 Å². The summed E-state index contributed by atoms with van der Waals surface area (Å²) >= 11 is 0. The largest absolute Gasteiger partial charge is 0.458 e. The Morgan fingerprint density at radius 3 is 2.52 bits per heavy atom. The van der Waals surface area contributed by atoms with Crippen molar-refractivity contribution in [2.75, 3.05) is 6.61 Å². The minimum absolute atomic E-state index is 0.0829. The zero-order valence-electron chi connectivity index (χ0n) is 28.6. The summed E-state index contributed by atoms with van der Waals surface area (Å²) in [5.41, 5.74) is -1.34. The first-order valence-electron chi connectivity index (χ1n) is 18.5. The molecule has 3 heterocycles. The first kappa shape index (κ1) is 33.0. The van der Waals surface area contributed by atoms with Crippen LogP contribution < -0.4 is 0 Å². The Labute approximate surface area is 283 Å². The molecular weight excluding hydrogens is 612 g/mol. The first-order valence-corrected chi connectivity index (χ1v) is 18.5. The second-order valence-corrected chi connectivity index (χ2v) is 16.4. The lowest BCUT2D eigenvalue weighted by Crippen LogP contribution is -2.69. The molecule has 9 nitrogen and oxygen atoms in total. The Hall–Kier alpha value is -2.14. The van der Waals surface area contributed by atoms with Crippen LogP contribution in [0.15, 0.2) is 42.0 Å². The van der Waals surface area contributed by atoms with E-state index in [1.807, 2.05) is 25.1 Å². The van der Waals surface area contributed by atoms with Crippen LogP contribution in [-0.2, 0) is 39.7 Å². The summed E-state index contributed by atoms with van der Waals surface area (Å²) < 4.78 is 31.5. The summed E-state index contributed by atoms with van der Waals surface area (Å²) in [6, 6.07) is 10.3. The van der Waals surface area contributed by atoms with E-state index in [1.165, 1.54) is 5.56 Å². The highest BCUT2D eigenvalue weighted by Crippen LogP contribution is 2.70. The Morgan fingerprint density at radius 2 is 1.79 bits per heavy atom. The lowest BCUT2D eigenvalue weighted by molar-refractivity contribution is -0.278. The van der Waals surface area contributed by atoms with Gasteiger partial charge in [-0.3, -0.25) is 0 Å². The number of aldehydes is 1. The van der Waals surface area contributed by atoms with Crippen LogP contribution >= 0.6 is 0 Å². The van der Waals surface area contributed by atoms with Gasteiger partial charge in [0.25, 0.3) is 0 Å². The fraction of sp³-hybridized carbons (Fsp3) is 0.744. The van der Waals surface area contributed by atoms with Crippen molar-refractivity contribution in [1.82, 2.24) is 0 Å². The zero-order chi connectivity index (χ0) is 33.5. The van der Waals surface area contributed by atoms with Gasteiger partial charge < -0.3 is 38.7 Å². The second-order valence-electron chi connectivity index (χ2n) is 16.4. The number of ether oxygens (including phenoxy) is 5. The maximum Gasteiger partial charge on any atom is 0.331 e. The SMILES string of the molecule is CCC1(Cc2ccccc2)OC2CC(OC3CCC4(C=O)C5CCC6(C)C(C7=CC(=O)OC7)CCC6(O)C5CCC4(O)C3)OC(C)C2O1. The summed E-state index contributed by atoms with van der Waals surface area (Å²) in [5, 5.41) is 25.0. The van der Waals surface area contributed by atoms with Gasteiger partial charge in [-0.1, -0.05) is 44.2 Å². The van der Waals surface area contributed by atoms with Gasteiger partial charge in [-0.15, -0.1) is 0 Å². The Bertz CT molecular complexity index is 1450. The quantitative estimate of drug-likeness (QED) is 0.231. The number of hydrogen-bond acceptors (Lipinski definition) is 9. The van der Waals surface area contributed by atoms with Crippen LogP contribution in [0.2, 0.25) is 0 Å². The smallest absolute Gasteiger partial charge is 0.331 e. The Kier molecular flexibility index (Phi) is 8.06. The van der Waals surface area contributed by atoms with Gasteiger partial charge >= 0.3 is 5.97 Å². The molecule has 262 valence electrons. The van der Waals surface area contributed by atoms with E-state index in [1.54, 1.807) is 6.08 Å². The molecule has 13 atom stereocenters. The number of cyclic esters (lactones) is 1. The van der Waals surface area contributed by atoms with Crippen molar-refractivity contribution in [1.29, 1.82) is 0 Å². The predicted molar refractivity (Wildman–Crippen MR) is 174 cm³/mol. The highest BCUT2D eigenvalue weighted by Gasteiger charge is 2.71. The van der Waals surface area contributed by atoms with Crippen molar-refractivity contribution < 1.29 is 43.5 Å². The van der Waals surface area contributed by atoms with E-state index in [0.717, 1.165) is 37.5 Å². The van der Waals surface area contributed by atoms with Gasteiger partial charge in [0.1, 0.15) is 19.0 Å². The van der Waals surface area contributed by atoms with Gasteiger partial charge in [0, 0.05) is 30.8 Å². The molecule has 2 saturated heterocycles. The highest BCUT2D eigenvalue weighted by atomic mass is 16.8. The van der Waals surface area contributed by atoms with Crippen LogP contribution in [0.4, 0.5) is 0 Å². The van der Waals surface area contributed by atoms with Crippen molar-refractivity contribution in [3.8, 4) is 0 Å². The van der Waals surface area contributed by atoms with Gasteiger partial charge in [0.05, 0.1) is 34.9 Å². The molecule has 1 aromatic carbocycles. The average molecular weight is 665 g/mol. The molecule has 48 heavy (non-hydrogen) atoms. The number of benzene rings is 1. The third kappa shape index (κ3) is 4.85. The number of carbonyl (C=O) groups excluding carboxylic acids is 2. The van der Waals surface area contributed by atoms with E-state index in [-0.39, 0.29) is 48.1 Å². The van der Waals surface area contributed by atoms with Gasteiger partial charge in [-0.2, -0.15) is 0 Å². The summed E-state index contributed by atoms with van der Waals surface area (Å²) in [4.78, 5) is 25.2. The number of esters is 1. The Morgan fingerprint density at radius 1 is 1.00 bits per heavy atom. The van der Waals surface area contributed by atoms with Crippen molar-refractivity contribution >= 4 is 12.3 Å². The molecule has 0 amide bonds. The number of aliphatic hydroxyl groups is 2. The second kappa shape index (κ2) is 11.7. The van der Waals surface area contributed by atoms with Gasteiger partial charge in [0.2, 0.25) is 0 Å². The molecule has 0 spiro atoms. The molecule has 0 bridgehead atoms. The number of carbonyl (C=O) groups is 2. The monoisotopic (exact) mass is 664 g/mol. The maximum atomic E-state index is 13.2. The standard InChI is InChI=1S/C39H52O9/c1-4-38(20-25-8-6-5-7-9-25)47-31-19-33(45-24(2)34(31)48-38)46-27-10-15-36(23-40)29-11-14-35(3)28(26-18-32(41)44-22-26)13-17-39(35,43)30(29)12-16-37(36,42)21-27/h5-9,18,23-24,27-31,33-34,42-43H,4,10-17,19-22H2,1-3H3. The molecule has 7 aliphatic rings. The molecule has 6 fully saturated rings. The zero-order valence-corrected chi connectivity index (χ0v) is 28.6. The lowest BCUT2D eigenvalue weighted by Gasteiger charge is -2.65. The minimum atomic E-state index is -1.21. The number of rotatable bonds is 7. The molecule has 0 aromatic heterocycles. The number of hydrogen-bond donors (Lipinski definition) is 2. The predicted octanol–water partition coefficient (Wildman–Crippen LogP) is 5.19. The van der Waals surface area contributed by atoms with Crippen molar-refractivity contribution in [2.45, 2.75) is 146 Å². The first-order chi connectivity index (χ1) is 23.0. The van der Waals surface area contributed by atoms with Crippen LogP contribution in [0.25, 0.3) is 0 Å². The Balaban J connectivity index is 0.954. The fourth-order valence-electron chi connectivity index (χ4n) is 11.9. The normalized spacial score (nSPS) is 49.7. The van der Waals surface area contributed by atoms with Crippen LogP contribution in [-0.4, -0.2) is 76.8 Å². The van der Waals surface area contributed by atoms with Gasteiger partial charge in [-0.05, 0) is 93.6 Å². The molecule has 4 aliphatic carbocycles. The van der Waals surface area contributed by atoms with Crippen LogP contribution in [0.1, 0.15) is 97.0 Å². The molecule has 8 rings (SSSR count). The molecule has 4 saturated carbocycles. The third-order valence-electron chi connectivity index (χ3n) is 14.4. The highest BCUT2D eigenvalue weighted by molar-refractivity contribution is 5.85. The molecule has 13 unspecified atom stereocenters. The van der Waals surface area contributed by atoms with Gasteiger partial charge in [0.15, 0.2) is 12.1 Å². The molecular formula is C39H52O9. The van der Waals surface area contributed by atoms with E-state index in [4.69, 9.17) is 23.7 Å². The number of fused-ring (bicyclic) bond motifs is 6. The van der Waals surface area contributed by atoms with E-state index < -0.39 is 34.1 Å². The van der Waals surface area contributed by atoms with Crippen LogP contribution in [0.5, 0.6) is 0 Å². The molecule has 9 heteroatoms.